The van der Waals surface area contributed by atoms with Crippen LogP contribution in [0.3, 0.4) is 0 Å². The molecule has 6 nitrogen and oxygen atoms in total. The Labute approximate surface area is 200 Å². The third-order valence-electron chi connectivity index (χ3n) is 7.15. The van der Waals surface area contributed by atoms with Gasteiger partial charge in [-0.2, -0.15) is 0 Å². The first-order valence-electron chi connectivity index (χ1n) is 11.4. The van der Waals surface area contributed by atoms with Crippen molar-refractivity contribution >= 4 is 5.78 Å². The number of halogens is 3. The first-order valence-corrected chi connectivity index (χ1v) is 11.4. The lowest BCUT2D eigenvalue weighted by molar-refractivity contribution is -0.196. The first kappa shape index (κ1) is 23.6. The Balaban J connectivity index is 1.44. The van der Waals surface area contributed by atoms with Crippen LogP contribution in [0.2, 0.25) is 0 Å². The van der Waals surface area contributed by atoms with E-state index >= 15 is 0 Å². The molecular weight excluding hydrogens is 459 g/mol. The van der Waals surface area contributed by atoms with E-state index in [1.807, 2.05) is 0 Å². The summed E-state index contributed by atoms with van der Waals surface area (Å²) in [7, 11) is 0. The standard InChI is InChI=1S/C26H24F3N3O3/c1-25(34)22(30)12-21(35-26(25)8-9-26)15-7-10-31-13-14(15)11-20(33)19-6-5-18(29)24(32-19)23-16(27)3-2-4-17(23)28/h2-7,10,13,21-22,34H,8-9,11-12,30H2,1H3/t21-,22+,25+/m1/s1. The second-order valence-corrected chi connectivity index (χ2v) is 9.39. The maximum absolute atomic E-state index is 14.4. The molecular formula is C26H24F3N3O3. The molecule has 2 aliphatic rings. The predicted molar refractivity (Wildman–Crippen MR) is 121 cm³/mol. The van der Waals surface area contributed by atoms with Gasteiger partial charge in [0.2, 0.25) is 0 Å². The van der Waals surface area contributed by atoms with Gasteiger partial charge in [0, 0.05) is 24.9 Å². The number of nitrogens with zero attached hydrogens (tertiary/aromatic N) is 2. The zero-order chi connectivity index (χ0) is 25.0. The number of hydrogen-bond acceptors (Lipinski definition) is 6. The van der Waals surface area contributed by atoms with Crippen LogP contribution in [-0.2, 0) is 11.2 Å². The fraction of sp³-hybridized carbons (Fsp3) is 0.346. The molecule has 3 atom stereocenters. The second kappa shape index (κ2) is 8.51. The van der Waals surface area contributed by atoms with Gasteiger partial charge >= 0.3 is 0 Å². The molecule has 1 aliphatic heterocycles. The number of Topliss-reactive ketones (excluding diaryl/α,β-unsaturated/α-hetero) is 1. The molecule has 182 valence electrons. The summed E-state index contributed by atoms with van der Waals surface area (Å²) in [6.07, 6.45) is 4.28. The Bertz CT molecular complexity index is 1290. The van der Waals surface area contributed by atoms with E-state index in [9.17, 15) is 23.1 Å². The van der Waals surface area contributed by atoms with Gasteiger partial charge in [0.25, 0.3) is 0 Å². The molecule has 0 bridgehead atoms. The van der Waals surface area contributed by atoms with E-state index in [-0.39, 0.29) is 12.1 Å². The number of aliphatic hydroxyl groups is 1. The molecule has 0 amide bonds. The van der Waals surface area contributed by atoms with Crippen molar-refractivity contribution in [2.45, 2.75) is 56.0 Å². The normalized spacial score (nSPS) is 25.0. The number of carbonyl (C=O) groups is 1. The molecule has 0 unspecified atom stereocenters. The van der Waals surface area contributed by atoms with Gasteiger partial charge in [-0.3, -0.25) is 9.78 Å². The van der Waals surface area contributed by atoms with Gasteiger partial charge in [-0.15, -0.1) is 0 Å². The minimum Gasteiger partial charge on any atom is -0.386 e. The van der Waals surface area contributed by atoms with Gasteiger partial charge in [0.1, 0.15) is 34.4 Å². The Morgan fingerprint density at radius 1 is 1.14 bits per heavy atom. The van der Waals surface area contributed by atoms with Crippen LogP contribution in [0.25, 0.3) is 11.3 Å². The molecule has 1 saturated heterocycles. The fourth-order valence-corrected chi connectivity index (χ4v) is 4.83. The van der Waals surface area contributed by atoms with Crippen LogP contribution in [0.5, 0.6) is 0 Å². The number of ether oxygens (including phenoxy) is 1. The minimum atomic E-state index is -1.15. The van der Waals surface area contributed by atoms with Crippen molar-refractivity contribution in [1.82, 2.24) is 9.97 Å². The van der Waals surface area contributed by atoms with Crippen molar-refractivity contribution in [3.63, 3.8) is 0 Å². The highest BCUT2D eigenvalue weighted by molar-refractivity contribution is 5.96. The summed E-state index contributed by atoms with van der Waals surface area (Å²) in [5.41, 5.74) is 4.37. The zero-order valence-electron chi connectivity index (χ0n) is 19.0. The number of nitrogens with two attached hydrogens (primary N) is 1. The third-order valence-corrected chi connectivity index (χ3v) is 7.15. The molecule has 3 heterocycles. The molecule has 5 rings (SSSR count). The fourth-order valence-electron chi connectivity index (χ4n) is 4.83. The summed E-state index contributed by atoms with van der Waals surface area (Å²) in [4.78, 5) is 21.2. The van der Waals surface area contributed by atoms with Crippen LogP contribution < -0.4 is 5.73 Å². The largest absolute Gasteiger partial charge is 0.386 e. The first-order chi connectivity index (χ1) is 16.6. The number of rotatable bonds is 5. The lowest BCUT2D eigenvalue weighted by Crippen LogP contribution is -2.60. The van der Waals surface area contributed by atoms with E-state index in [0.29, 0.717) is 30.4 Å². The molecule has 1 aromatic carbocycles. The van der Waals surface area contributed by atoms with Crippen LogP contribution in [-0.4, -0.2) is 38.1 Å². The molecule has 2 aromatic heterocycles. The minimum absolute atomic E-state index is 0.137. The molecule has 2 fully saturated rings. The highest BCUT2D eigenvalue weighted by Crippen LogP contribution is 2.56. The van der Waals surface area contributed by atoms with E-state index in [0.717, 1.165) is 24.3 Å². The Morgan fingerprint density at radius 3 is 2.54 bits per heavy atom. The summed E-state index contributed by atoms with van der Waals surface area (Å²) >= 11 is 0. The van der Waals surface area contributed by atoms with E-state index in [1.165, 1.54) is 12.3 Å². The van der Waals surface area contributed by atoms with E-state index in [4.69, 9.17) is 10.5 Å². The lowest BCUT2D eigenvalue weighted by atomic mass is 9.80. The van der Waals surface area contributed by atoms with E-state index in [1.54, 1.807) is 19.2 Å². The van der Waals surface area contributed by atoms with Crippen molar-refractivity contribution in [3.8, 4) is 11.3 Å². The monoisotopic (exact) mass is 483 g/mol. The Kier molecular flexibility index (Phi) is 5.74. The van der Waals surface area contributed by atoms with Crippen LogP contribution in [0.15, 0.2) is 48.8 Å². The van der Waals surface area contributed by atoms with Crippen LogP contribution in [0, 0.1) is 17.5 Å². The summed E-state index contributed by atoms with van der Waals surface area (Å²) in [6, 6.07) is 6.53. The summed E-state index contributed by atoms with van der Waals surface area (Å²) in [5.74, 6) is -3.39. The van der Waals surface area contributed by atoms with Crippen molar-refractivity contribution < 1.29 is 27.8 Å². The van der Waals surface area contributed by atoms with Crippen molar-refractivity contribution in [1.29, 1.82) is 0 Å². The highest BCUT2D eigenvalue weighted by atomic mass is 19.1. The number of pyridine rings is 2. The van der Waals surface area contributed by atoms with Crippen molar-refractivity contribution in [2.24, 2.45) is 5.73 Å². The molecule has 1 aliphatic carbocycles. The van der Waals surface area contributed by atoms with Gasteiger partial charge < -0.3 is 15.6 Å². The van der Waals surface area contributed by atoms with Gasteiger partial charge in [-0.25, -0.2) is 18.2 Å². The number of aromatic nitrogens is 2. The Hall–Kier alpha value is -3.14. The predicted octanol–water partition coefficient (Wildman–Crippen LogP) is 4.06. The zero-order valence-corrected chi connectivity index (χ0v) is 19.0. The number of benzene rings is 1. The molecule has 9 heteroatoms. The number of hydrogen-bond donors (Lipinski definition) is 2. The van der Waals surface area contributed by atoms with Crippen LogP contribution in [0.1, 0.15) is 53.9 Å². The van der Waals surface area contributed by atoms with Gasteiger partial charge in [0.15, 0.2) is 5.78 Å². The van der Waals surface area contributed by atoms with Crippen LogP contribution >= 0.6 is 0 Å². The smallest absolute Gasteiger partial charge is 0.185 e. The second-order valence-electron chi connectivity index (χ2n) is 9.39. The average molecular weight is 483 g/mol. The van der Waals surface area contributed by atoms with Gasteiger partial charge in [-0.1, -0.05) is 6.07 Å². The molecule has 3 aromatic rings. The lowest BCUT2D eigenvalue weighted by Gasteiger charge is -2.46. The van der Waals surface area contributed by atoms with Crippen LogP contribution in [0.4, 0.5) is 13.2 Å². The molecule has 35 heavy (non-hydrogen) atoms. The molecule has 3 N–H and O–H groups in total. The van der Waals surface area contributed by atoms with Crippen molar-refractivity contribution in [2.75, 3.05) is 0 Å². The highest BCUT2D eigenvalue weighted by Gasteiger charge is 2.64. The van der Waals surface area contributed by atoms with E-state index in [2.05, 4.69) is 9.97 Å². The summed E-state index contributed by atoms with van der Waals surface area (Å²) < 4.78 is 49.2. The molecule has 1 spiro atoms. The number of carbonyl (C=O) groups excluding carboxylic acids is 1. The maximum atomic E-state index is 14.4. The maximum Gasteiger partial charge on any atom is 0.185 e. The number of ketones is 1. The van der Waals surface area contributed by atoms with E-state index < -0.39 is 57.8 Å². The topological polar surface area (TPSA) is 98.3 Å². The van der Waals surface area contributed by atoms with Crippen molar-refractivity contribution in [3.05, 3.63) is 83.1 Å². The third kappa shape index (κ3) is 4.03. The average Bonchev–Trinajstić information content (AvgIpc) is 3.60. The Morgan fingerprint density at radius 2 is 1.86 bits per heavy atom. The SMILES string of the molecule is C[C@]1(O)[C@@H](N)C[C@H](c2ccncc2CC(=O)c2ccc(F)c(-c3c(F)cccc3F)n2)OC12CC2. The van der Waals surface area contributed by atoms with Gasteiger partial charge in [-0.05, 0) is 67.6 Å². The molecule has 1 saturated carbocycles. The summed E-state index contributed by atoms with van der Waals surface area (Å²) in [6.45, 7) is 1.69. The molecule has 0 radical (unpaired) electrons. The quantitative estimate of drug-likeness (QED) is 0.531. The summed E-state index contributed by atoms with van der Waals surface area (Å²) in [5, 5.41) is 10.8. The van der Waals surface area contributed by atoms with Gasteiger partial charge in [0.05, 0.1) is 17.3 Å².